The second-order valence-electron chi connectivity index (χ2n) is 7.82. The number of piperidine rings is 1. The van der Waals surface area contributed by atoms with Crippen LogP contribution in [0.25, 0.3) is 11.1 Å². The SMILES string of the molecule is O=C(c1ccccc1)N1C[C@@H]2C[C@@H](C1)c1c(-c3ccccc3)ccc(=O)n1C2. The zero-order valence-electron chi connectivity index (χ0n) is 15.6. The summed E-state index contributed by atoms with van der Waals surface area (Å²) in [5, 5.41) is 0. The Morgan fingerprint density at radius 2 is 1.54 bits per heavy atom. The van der Waals surface area contributed by atoms with Crippen LogP contribution >= 0.6 is 0 Å². The normalized spacial score (nSPS) is 20.5. The number of carbonyl (C=O) groups excluding carboxylic acids is 1. The molecule has 3 heterocycles. The summed E-state index contributed by atoms with van der Waals surface area (Å²) in [6.45, 7) is 2.06. The smallest absolute Gasteiger partial charge is 0.253 e. The molecular weight excluding hydrogens is 348 g/mol. The monoisotopic (exact) mass is 370 g/mol. The van der Waals surface area contributed by atoms with Crippen LogP contribution in [0.15, 0.2) is 77.6 Å². The Labute approximate surface area is 164 Å². The lowest BCUT2D eigenvalue weighted by molar-refractivity contribution is 0.0595. The summed E-state index contributed by atoms with van der Waals surface area (Å²) in [6.07, 6.45) is 1.03. The van der Waals surface area contributed by atoms with Crippen LogP contribution in [0.1, 0.15) is 28.4 Å². The van der Waals surface area contributed by atoms with Gasteiger partial charge in [0.25, 0.3) is 11.5 Å². The van der Waals surface area contributed by atoms with Crippen LogP contribution in [0, 0.1) is 5.92 Å². The maximum absolute atomic E-state index is 13.0. The third kappa shape index (κ3) is 2.85. The summed E-state index contributed by atoms with van der Waals surface area (Å²) < 4.78 is 1.95. The molecule has 2 aromatic carbocycles. The van der Waals surface area contributed by atoms with Gasteiger partial charge in [0, 0.05) is 48.4 Å². The first-order valence-corrected chi connectivity index (χ1v) is 9.84. The van der Waals surface area contributed by atoms with E-state index in [4.69, 9.17) is 0 Å². The van der Waals surface area contributed by atoms with E-state index in [-0.39, 0.29) is 17.4 Å². The number of likely N-dealkylation sites (tertiary alicyclic amines) is 1. The molecule has 2 aliphatic heterocycles. The average Bonchev–Trinajstić information content (AvgIpc) is 2.75. The Hall–Kier alpha value is -3.14. The molecule has 1 aromatic heterocycles. The highest BCUT2D eigenvalue weighted by atomic mass is 16.2. The Morgan fingerprint density at radius 1 is 0.821 bits per heavy atom. The molecule has 2 atom stereocenters. The van der Waals surface area contributed by atoms with Crippen molar-refractivity contribution < 1.29 is 4.79 Å². The molecule has 4 heteroatoms. The van der Waals surface area contributed by atoms with Crippen LogP contribution in [0.2, 0.25) is 0 Å². The van der Waals surface area contributed by atoms with Gasteiger partial charge in [0.1, 0.15) is 0 Å². The predicted molar refractivity (Wildman–Crippen MR) is 109 cm³/mol. The average molecular weight is 370 g/mol. The fourth-order valence-electron chi connectivity index (χ4n) is 4.81. The highest BCUT2D eigenvalue weighted by Gasteiger charge is 2.37. The second-order valence-corrected chi connectivity index (χ2v) is 7.82. The third-order valence-electron chi connectivity index (χ3n) is 5.98. The van der Waals surface area contributed by atoms with Crippen molar-refractivity contribution in [2.45, 2.75) is 18.9 Å². The zero-order chi connectivity index (χ0) is 19.1. The molecule has 0 aliphatic carbocycles. The minimum absolute atomic E-state index is 0.0622. The van der Waals surface area contributed by atoms with Crippen molar-refractivity contribution in [1.82, 2.24) is 9.47 Å². The topological polar surface area (TPSA) is 42.3 Å². The van der Waals surface area contributed by atoms with Crippen LogP contribution in [-0.2, 0) is 6.54 Å². The van der Waals surface area contributed by atoms with Crippen molar-refractivity contribution in [2.24, 2.45) is 5.92 Å². The predicted octanol–water partition coefficient (Wildman–Crippen LogP) is 3.77. The molecule has 4 nitrogen and oxygen atoms in total. The first kappa shape index (κ1) is 17.0. The maximum Gasteiger partial charge on any atom is 0.253 e. The van der Waals surface area contributed by atoms with Crippen LogP contribution in [-0.4, -0.2) is 28.5 Å². The molecule has 0 unspecified atom stereocenters. The van der Waals surface area contributed by atoms with Gasteiger partial charge in [-0.05, 0) is 36.1 Å². The maximum atomic E-state index is 13.0. The minimum Gasteiger partial charge on any atom is -0.338 e. The van der Waals surface area contributed by atoms with E-state index < -0.39 is 0 Å². The lowest BCUT2D eigenvalue weighted by Gasteiger charge is -2.43. The number of fused-ring (bicyclic) bond motifs is 4. The first-order chi connectivity index (χ1) is 13.7. The fraction of sp³-hybridized carbons (Fsp3) is 0.250. The number of hydrogen-bond donors (Lipinski definition) is 0. The number of amides is 1. The summed E-state index contributed by atoms with van der Waals surface area (Å²) in [6, 6.07) is 23.3. The molecule has 0 N–H and O–H groups in total. The van der Waals surface area contributed by atoms with Crippen molar-refractivity contribution >= 4 is 5.91 Å². The molecule has 1 amide bonds. The first-order valence-electron chi connectivity index (χ1n) is 9.84. The Kier molecular flexibility index (Phi) is 4.12. The molecule has 2 bridgehead atoms. The fourth-order valence-corrected chi connectivity index (χ4v) is 4.81. The second kappa shape index (κ2) is 6.79. The number of rotatable bonds is 2. The number of hydrogen-bond acceptors (Lipinski definition) is 2. The molecule has 0 saturated carbocycles. The van der Waals surface area contributed by atoms with Crippen molar-refractivity contribution in [3.63, 3.8) is 0 Å². The van der Waals surface area contributed by atoms with Gasteiger partial charge >= 0.3 is 0 Å². The van der Waals surface area contributed by atoms with Gasteiger partial charge in [0.2, 0.25) is 0 Å². The van der Waals surface area contributed by atoms with Gasteiger partial charge in [-0.2, -0.15) is 0 Å². The van der Waals surface area contributed by atoms with Crippen molar-refractivity contribution in [2.75, 3.05) is 13.1 Å². The van der Waals surface area contributed by atoms with Crippen LogP contribution in [0.5, 0.6) is 0 Å². The lowest BCUT2D eigenvalue weighted by atomic mass is 9.80. The Balaban J connectivity index is 1.55. The summed E-state index contributed by atoms with van der Waals surface area (Å²) in [4.78, 5) is 27.6. The summed E-state index contributed by atoms with van der Waals surface area (Å²) in [5.41, 5.74) is 4.11. The Morgan fingerprint density at radius 3 is 2.29 bits per heavy atom. The van der Waals surface area contributed by atoms with E-state index in [1.54, 1.807) is 6.07 Å². The number of pyridine rings is 1. The minimum atomic E-state index is 0.0622. The van der Waals surface area contributed by atoms with E-state index >= 15 is 0 Å². The van der Waals surface area contributed by atoms with Crippen LogP contribution < -0.4 is 5.56 Å². The molecule has 2 aliphatic rings. The quantitative estimate of drug-likeness (QED) is 0.689. The lowest BCUT2D eigenvalue weighted by Crippen LogP contribution is -2.49. The van der Waals surface area contributed by atoms with E-state index in [0.29, 0.717) is 25.6 Å². The van der Waals surface area contributed by atoms with Crippen LogP contribution in [0.3, 0.4) is 0 Å². The number of nitrogens with zero attached hydrogens (tertiary/aromatic N) is 2. The van der Waals surface area contributed by atoms with Gasteiger partial charge in [0.05, 0.1) is 0 Å². The molecule has 28 heavy (non-hydrogen) atoms. The molecule has 3 aromatic rings. The van der Waals surface area contributed by atoms with Crippen molar-refractivity contribution in [3.8, 4) is 11.1 Å². The Bertz CT molecular complexity index is 1070. The standard InChI is InChI=1S/C24H22N2O2/c27-22-12-11-21(18-7-3-1-4-8-18)23-20-13-17(15-26(22)23)14-25(16-20)24(28)19-9-5-2-6-10-19/h1-12,17,20H,13-16H2/t17-,20-/m0/s1. The van der Waals surface area contributed by atoms with E-state index in [1.165, 1.54) is 0 Å². The summed E-state index contributed by atoms with van der Waals surface area (Å²) >= 11 is 0. The summed E-state index contributed by atoms with van der Waals surface area (Å²) in [7, 11) is 0. The molecule has 1 saturated heterocycles. The van der Waals surface area contributed by atoms with Crippen molar-refractivity contribution in [1.29, 1.82) is 0 Å². The van der Waals surface area contributed by atoms with Crippen molar-refractivity contribution in [3.05, 3.63) is 94.4 Å². The molecule has 0 spiro atoms. The molecular formula is C24H22N2O2. The highest BCUT2D eigenvalue weighted by Crippen LogP contribution is 2.40. The van der Waals surface area contributed by atoms with Gasteiger partial charge < -0.3 is 9.47 Å². The van der Waals surface area contributed by atoms with Gasteiger partial charge in [-0.3, -0.25) is 9.59 Å². The largest absolute Gasteiger partial charge is 0.338 e. The molecule has 140 valence electrons. The molecule has 1 fully saturated rings. The van der Waals surface area contributed by atoms with Crippen LogP contribution in [0.4, 0.5) is 0 Å². The van der Waals surface area contributed by atoms with E-state index in [0.717, 1.165) is 28.8 Å². The van der Waals surface area contributed by atoms with E-state index in [1.807, 2.05) is 64.1 Å². The molecule has 5 rings (SSSR count). The van der Waals surface area contributed by atoms with E-state index in [2.05, 4.69) is 12.1 Å². The summed E-state index contributed by atoms with van der Waals surface area (Å²) in [5.74, 6) is 0.593. The third-order valence-corrected chi connectivity index (χ3v) is 5.98. The number of benzene rings is 2. The van der Waals surface area contributed by atoms with Gasteiger partial charge in [-0.1, -0.05) is 48.5 Å². The number of aromatic nitrogens is 1. The van der Waals surface area contributed by atoms with E-state index in [9.17, 15) is 9.59 Å². The highest BCUT2D eigenvalue weighted by molar-refractivity contribution is 5.94. The van der Waals surface area contributed by atoms with Gasteiger partial charge in [-0.25, -0.2) is 0 Å². The number of carbonyl (C=O) groups is 1. The molecule has 0 radical (unpaired) electrons. The van der Waals surface area contributed by atoms with Gasteiger partial charge in [-0.15, -0.1) is 0 Å². The van der Waals surface area contributed by atoms with Gasteiger partial charge in [0.15, 0.2) is 0 Å². The zero-order valence-corrected chi connectivity index (χ0v) is 15.6.